The van der Waals surface area contributed by atoms with Gasteiger partial charge in [-0.1, -0.05) is 0 Å². The predicted octanol–water partition coefficient (Wildman–Crippen LogP) is 4.35. The van der Waals surface area contributed by atoms with E-state index in [4.69, 9.17) is 9.47 Å². The van der Waals surface area contributed by atoms with Crippen LogP contribution < -0.4 is 10.1 Å². The van der Waals surface area contributed by atoms with Crippen molar-refractivity contribution in [3.63, 3.8) is 0 Å². The molecule has 1 saturated carbocycles. The van der Waals surface area contributed by atoms with Gasteiger partial charge in [0.05, 0.1) is 24.3 Å². The van der Waals surface area contributed by atoms with Crippen LogP contribution in [0.4, 0.5) is 15.9 Å². The highest BCUT2D eigenvalue weighted by Crippen LogP contribution is 2.37. The van der Waals surface area contributed by atoms with Crippen LogP contribution in [-0.2, 0) is 4.74 Å². The molecule has 1 aliphatic rings. The number of halogens is 1. The van der Waals surface area contributed by atoms with Gasteiger partial charge in [-0.05, 0) is 43.9 Å². The average molecular weight is 431 g/mol. The summed E-state index contributed by atoms with van der Waals surface area (Å²) in [4.78, 5) is 21.7. The van der Waals surface area contributed by atoms with Crippen molar-refractivity contribution in [2.45, 2.75) is 44.8 Å². The molecule has 30 heavy (non-hydrogen) atoms. The Balaban J connectivity index is 1.68. The maximum atomic E-state index is 13.9. The van der Waals surface area contributed by atoms with Gasteiger partial charge in [-0.15, -0.1) is 11.3 Å². The van der Waals surface area contributed by atoms with Crippen molar-refractivity contribution in [3.05, 3.63) is 40.8 Å². The fourth-order valence-corrected chi connectivity index (χ4v) is 4.75. The number of nitrogens with one attached hydrogen (secondary N) is 1. The van der Waals surface area contributed by atoms with Gasteiger partial charge in [-0.3, -0.25) is 0 Å². The molecule has 0 bridgehead atoms. The fraction of sp³-hybridized carbons (Fsp3) is 0.381. The summed E-state index contributed by atoms with van der Waals surface area (Å²) in [7, 11) is 1.33. The highest BCUT2D eigenvalue weighted by Gasteiger charge is 2.24. The number of hydrogen-bond donors (Lipinski definition) is 2. The number of aliphatic hydroxyl groups is 1. The SMILES string of the molecule is COC(=O)c1sc2ncnc(Nc3ccc(F)cc3O[C@@H]3CCCC(O)C3)c2c1C. The van der Waals surface area contributed by atoms with Crippen LogP contribution >= 0.6 is 11.3 Å². The van der Waals surface area contributed by atoms with Crippen molar-refractivity contribution in [1.82, 2.24) is 9.97 Å². The number of methoxy groups -OCH3 is 1. The molecule has 4 rings (SSSR count). The van der Waals surface area contributed by atoms with Crippen molar-refractivity contribution in [2.75, 3.05) is 12.4 Å². The lowest BCUT2D eigenvalue weighted by Crippen LogP contribution is -2.28. The zero-order valence-corrected chi connectivity index (χ0v) is 17.5. The van der Waals surface area contributed by atoms with E-state index in [0.717, 1.165) is 19.3 Å². The highest BCUT2D eigenvalue weighted by molar-refractivity contribution is 7.20. The standard InChI is InChI=1S/C21H22FN3O4S/c1-11-17-19(23-10-24-20(17)30-18(11)21(27)28-2)25-15-7-6-12(22)8-16(15)29-14-5-3-4-13(26)9-14/h6-8,10,13-14,26H,3-5,9H2,1-2H3,(H,23,24,25)/t13?,14-/m1/s1. The molecule has 2 N–H and O–H groups in total. The van der Waals surface area contributed by atoms with Crippen molar-refractivity contribution >= 4 is 39.0 Å². The van der Waals surface area contributed by atoms with Crippen LogP contribution in [0.3, 0.4) is 0 Å². The maximum Gasteiger partial charge on any atom is 0.348 e. The van der Waals surface area contributed by atoms with Crippen LogP contribution in [0.15, 0.2) is 24.5 Å². The van der Waals surface area contributed by atoms with E-state index in [0.29, 0.717) is 44.3 Å². The summed E-state index contributed by atoms with van der Waals surface area (Å²) in [5.74, 6) is -0.00600. The Morgan fingerprint density at radius 2 is 2.17 bits per heavy atom. The van der Waals surface area contributed by atoms with Gasteiger partial charge in [0.25, 0.3) is 0 Å². The molecule has 1 unspecified atom stereocenters. The van der Waals surface area contributed by atoms with Gasteiger partial charge < -0.3 is 19.9 Å². The van der Waals surface area contributed by atoms with Crippen molar-refractivity contribution in [2.24, 2.45) is 0 Å². The lowest BCUT2D eigenvalue weighted by molar-refractivity contribution is 0.0538. The zero-order valence-electron chi connectivity index (χ0n) is 16.6. The number of anilines is 2. The molecule has 0 saturated heterocycles. The second-order valence-corrected chi connectivity index (χ2v) is 8.28. The largest absolute Gasteiger partial charge is 0.488 e. The molecule has 2 aromatic heterocycles. The zero-order chi connectivity index (χ0) is 21.3. The second kappa shape index (κ2) is 8.53. The van der Waals surface area contributed by atoms with Crippen molar-refractivity contribution in [1.29, 1.82) is 0 Å². The molecule has 1 aliphatic carbocycles. The Hall–Kier alpha value is -2.78. The molecule has 1 fully saturated rings. The molecule has 158 valence electrons. The summed E-state index contributed by atoms with van der Waals surface area (Å²) in [6, 6.07) is 4.24. The lowest BCUT2D eigenvalue weighted by atomic mass is 9.95. The summed E-state index contributed by atoms with van der Waals surface area (Å²) < 4.78 is 24.8. The first-order valence-electron chi connectivity index (χ1n) is 9.70. The molecule has 0 aliphatic heterocycles. The van der Waals surface area contributed by atoms with E-state index in [1.807, 2.05) is 6.92 Å². The van der Waals surface area contributed by atoms with Crippen LogP contribution in [-0.4, -0.2) is 40.4 Å². The minimum absolute atomic E-state index is 0.185. The molecule has 0 radical (unpaired) electrons. The van der Waals surface area contributed by atoms with Crippen molar-refractivity contribution in [3.8, 4) is 5.75 Å². The molecule has 0 amide bonds. The van der Waals surface area contributed by atoms with Gasteiger partial charge >= 0.3 is 5.97 Å². The number of fused-ring (bicyclic) bond motifs is 1. The quantitative estimate of drug-likeness (QED) is 0.580. The Morgan fingerprint density at radius 1 is 1.33 bits per heavy atom. The molecule has 3 aromatic rings. The number of carbonyl (C=O) groups is 1. The number of nitrogens with zero attached hydrogens (tertiary/aromatic N) is 2. The summed E-state index contributed by atoms with van der Waals surface area (Å²) in [6.45, 7) is 1.81. The molecule has 2 atom stereocenters. The van der Waals surface area contributed by atoms with E-state index >= 15 is 0 Å². The topological polar surface area (TPSA) is 93.6 Å². The van der Waals surface area contributed by atoms with Crippen LogP contribution in [0.5, 0.6) is 5.75 Å². The van der Waals surface area contributed by atoms with Gasteiger partial charge in [-0.2, -0.15) is 0 Å². The second-order valence-electron chi connectivity index (χ2n) is 7.28. The third kappa shape index (κ3) is 4.08. The fourth-order valence-electron chi connectivity index (χ4n) is 3.69. The van der Waals surface area contributed by atoms with E-state index in [9.17, 15) is 14.3 Å². The van der Waals surface area contributed by atoms with Gasteiger partial charge in [-0.25, -0.2) is 19.2 Å². The van der Waals surface area contributed by atoms with Crippen LogP contribution in [0.25, 0.3) is 10.2 Å². The molecule has 2 heterocycles. The van der Waals surface area contributed by atoms with E-state index in [2.05, 4.69) is 15.3 Å². The molecule has 1 aromatic carbocycles. The number of benzene rings is 1. The Labute approximate surface area is 176 Å². The van der Waals surface area contributed by atoms with Crippen LogP contribution in [0.2, 0.25) is 0 Å². The van der Waals surface area contributed by atoms with E-state index in [1.54, 1.807) is 6.07 Å². The third-order valence-electron chi connectivity index (χ3n) is 5.19. The Kier molecular flexibility index (Phi) is 5.83. The number of thiophene rings is 1. The minimum atomic E-state index is -0.428. The number of aliphatic hydroxyl groups excluding tert-OH is 1. The lowest BCUT2D eigenvalue weighted by Gasteiger charge is -2.27. The summed E-state index contributed by atoms with van der Waals surface area (Å²) in [6.07, 6.45) is 3.75. The smallest absolute Gasteiger partial charge is 0.348 e. The van der Waals surface area contributed by atoms with Crippen LogP contribution in [0, 0.1) is 12.7 Å². The number of hydrogen-bond acceptors (Lipinski definition) is 8. The van der Waals surface area contributed by atoms with E-state index in [1.165, 1.54) is 36.9 Å². The number of carbonyl (C=O) groups excluding carboxylic acids is 1. The predicted molar refractivity (Wildman–Crippen MR) is 112 cm³/mol. The average Bonchev–Trinajstić information content (AvgIpc) is 3.07. The first kappa shape index (κ1) is 20.5. The number of aromatic nitrogens is 2. The monoisotopic (exact) mass is 431 g/mol. The number of ether oxygens (including phenoxy) is 2. The van der Waals surface area contributed by atoms with Gasteiger partial charge in [0.15, 0.2) is 0 Å². The Bertz CT molecular complexity index is 1090. The molecular formula is C21H22FN3O4S. The first-order chi connectivity index (χ1) is 14.5. The van der Waals surface area contributed by atoms with Gasteiger partial charge in [0.2, 0.25) is 0 Å². The van der Waals surface area contributed by atoms with E-state index < -0.39 is 17.9 Å². The van der Waals surface area contributed by atoms with Crippen LogP contribution in [0.1, 0.15) is 40.9 Å². The van der Waals surface area contributed by atoms with Crippen molar-refractivity contribution < 1.29 is 23.8 Å². The Morgan fingerprint density at radius 3 is 2.93 bits per heavy atom. The van der Waals surface area contributed by atoms with E-state index in [-0.39, 0.29) is 6.10 Å². The van der Waals surface area contributed by atoms with Gasteiger partial charge in [0.1, 0.15) is 39.5 Å². The normalized spacial score (nSPS) is 18.9. The molecule has 7 nitrogen and oxygen atoms in total. The summed E-state index contributed by atoms with van der Waals surface area (Å²) in [5, 5.41) is 13.8. The number of rotatable bonds is 5. The molecule has 0 spiro atoms. The first-order valence-corrected chi connectivity index (χ1v) is 10.5. The number of aryl methyl sites for hydroxylation is 1. The maximum absolute atomic E-state index is 13.9. The number of esters is 1. The summed E-state index contributed by atoms with van der Waals surface area (Å²) in [5.41, 5.74) is 1.26. The third-order valence-corrected chi connectivity index (χ3v) is 6.37. The summed E-state index contributed by atoms with van der Waals surface area (Å²) >= 11 is 1.23. The highest BCUT2D eigenvalue weighted by atomic mass is 32.1. The molecule has 9 heteroatoms. The van der Waals surface area contributed by atoms with Gasteiger partial charge in [0, 0.05) is 12.5 Å². The molecular weight excluding hydrogens is 409 g/mol. The minimum Gasteiger partial charge on any atom is -0.488 e.